The van der Waals surface area contributed by atoms with Crippen molar-refractivity contribution in [3.8, 4) is 0 Å². The number of rotatable bonds is 8. The Balaban J connectivity index is 2.16. The number of benzene rings is 3. The second-order valence-corrected chi connectivity index (χ2v) is 10.1. The SMILES string of the molecule is COC(=O)c1ccc(CN(C(C(N)=O)c2ccccc2)S(=O)(=O)c2cc(C)c(Cl)cc2C)cc1. The van der Waals surface area contributed by atoms with Crippen molar-refractivity contribution < 1.29 is 22.7 Å². The summed E-state index contributed by atoms with van der Waals surface area (Å²) in [5.41, 5.74) is 8.09. The first kappa shape index (κ1) is 25.4. The van der Waals surface area contributed by atoms with Crippen molar-refractivity contribution in [1.82, 2.24) is 4.31 Å². The minimum atomic E-state index is -4.21. The van der Waals surface area contributed by atoms with E-state index in [2.05, 4.69) is 0 Å². The van der Waals surface area contributed by atoms with E-state index in [1.54, 1.807) is 62.4 Å². The highest BCUT2D eigenvalue weighted by atomic mass is 35.5. The van der Waals surface area contributed by atoms with Crippen LogP contribution in [-0.4, -0.2) is 31.7 Å². The number of nitrogens with zero attached hydrogens (tertiary/aromatic N) is 1. The number of sulfonamides is 1. The Morgan fingerprint density at radius 2 is 1.62 bits per heavy atom. The van der Waals surface area contributed by atoms with Crippen LogP contribution in [0.2, 0.25) is 5.02 Å². The van der Waals surface area contributed by atoms with E-state index in [4.69, 9.17) is 22.1 Å². The molecule has 1 atom stereocenters. The average molecular weight is 501 g/mol. The van der Waals surface area contributed by atoms with Gasteiger partial charge in [0, 0.05) is 11.6 Å². The van der Waals surface area contributed by atoms with E-state index >= 15 is 0 Å². The maximum absolute atomic E-state index is 14.0. The number of aryl methyl sites for hydroxylation is 2. The molecule has 9 heteroatoms. The van der Waals surface area contributed by atoms with Gasteiger partial charge in [0.25, 0.3) is 0 Å². The number of primary amides is 1. The van der Waals surface area contributed by atoms with Crippen LogP contribution in [0.15, 0.2) is 71.6 Å². The van der Waals surface area contributed by atoms with Crippen molar-refractivity contribution in [3.05, 3.63) is 99.6 Å². The summed E-state index contributed by atoms with van der Waals surface area (Å²) in [5, 5.41) is 0.441. The number of methoxy groups -OCH3 is 1. The monoisotopic (exact) mass is 500 g/mol. The van der Waals surface area contributed by atoms with E-state index in [9.17, 15) is 18.0 Å². The van der Waals surface area contributed by atoms with Crippen molar-refractivity contribution in [2.24, 2.45) is 5.73 Å². The third kappa shape index (κ3) is 5.30. The first-order valence-electron chi connectivity index (χ1n) is 10.4. The predicted octanol–water partition coefficient (Wildman–Crippen LogP) is 4.16. The molecule has 7 nitrogen and oxygen atoms in total. The largest absolute Gasteiger partial charge is 0.465 e. The highest BCUT2D eigenvalue weighted by Gasteiger charge is 2.37. The highest BCUT2D eigenvalue weighted by Crippen LogP contribution is 2.33. The van der Waals surface area contributed by atoms with E-state index in [0.717, 1.165) is 4.31 Å². The molecular weight excluding hydrogens is 476 g/mol. The van der Waals surface area contributed by atoms with Crippen molar-refractivity contribution in [3.63, 3.8) is 0 Å². The topological polar surface area (TPSA) is 107 Å². The van der Waals surface area contributed by atoms with Gasteiger partial charge in [0.2, 0.25) is 15.9 Å². The highest BCUT2D eigenvalue weighted by molar-refractivity contribution is 7.89. The Hall–Kier alpha value is -3.20. The molecular formula is C25H25ClN2O5S. The minimum absolute atomic E-state index is 0.0303. The molecule has 0 bridgehead atoms. The van der Waals surface area contributed by atoms with Gasteiger partial charge in [0.05, 0.1) is 17.6 Å². The molecule has 3 aromatic carbocycles. The molecule has 34 heavy (non-hydrogen) atoms. The molecule has 178 valence electrons. The van der Waals surface area contributed by atoms with Crippen LogP contribution < -0.4 is 5.73 Å². The number of hydrogen-bond acceptors (Lipinski definition) is 5. The standard InChI is InChI=1S/C25H25ClN2O5S/c1-16-14-22(17(2)13-21(16)26)34(31,32)28(23(24(27)29)19-7-5-4-6-8-19)15-18-9-11-20(12-10-18)25(30)33-3/h4-14,23H,15H2,1-3H3,(H2,27,29). The van der Waals surface area contributed by atoms with Gasteiger partial charge in [-0.1, -0.05) is 54.1 Å². The zero-order valence-electron chi connectivity index (χ0n) is 19.0. The zero-order valence-corrected chi connectivity index (χ0v) is 20.6. The van der Waals surface area contributed by atoms with Gasteiger partial charge in [-0.3, -0.25) is 4.79 Å². The zero-order chi connectivity index (χ0) is 25.0. The molecule has 0 heterocycles. The fourth-order valence-corrected chi connectivity index (χ4v) is 5.71. The number of hydrogen-bond donors (Lipinski definition) is 1. The minimum Gasteiger partial charge on any atom is -0.465 e. The second kappa shape index (κ2) is 10.4. The summed E-state index contributed by atoms with van der Waals surface area (Å²) in [6, 6.07) is 16.6. The molecule has 1 amide bonds. The number of carbonyl (C=O) groups excluding carboxylic acids is 2. The van der Waals surface area contributed by atoms with E-state index < -0.39 is 27.9 Å². The molecule has 0 spiro atoms. The number of carbonyl (C=O) groups is 2. The van der Waals surface area contributed by atoms with Crippen LogP contribution in [0.25, 0.3) is 0 Å². The van der Waals surface area contributed by atoms with Gasteiger partial charge >= 0.3 is 5.97 Å². The molecule has 0 saturated heterocycles. The van der Waals surface area contributed by atoms with Crippen molar-refractivity contribution in [1.29, 1.82) is 0 Å². The summed E-state index contributed by atoms with van der Waals surface area (Å²) in [5.74, 6) is -1.33. The van der Waals surface area contributed by atoms with Crippen molar-refractivity contribution in [2.75, 3.05) is 7.11 Å². The summed E-state index contributed by atoms with van der Waals surface area (Å²) in [6.45, 7) is 3.19. The van der Waals surface area contributed by atoms with Gasteiger partial charge in [-0.15, -0.1) is 0 Å². The van der Waals surface area contributed by atoms with Gasteiger partial charge in [-0.05, 0) is 60.4 Å². The predicted molar refractivity (Wildman–Crippen MR) is 130 cm³/mol. The second-order valence-electron chi connectivity index (χ2n) is 7.82. The van der Waals surface area contributed by atoms with Crippen LogP contribution >= 0.6 is 11.6 Å². The lowest BCUT2D eigenvalue weighted by Gasteiger charge is -2.30. The summed E-state index contributed by atoms with van der Waals surface area (Å²) >= 11 is 6.19. The Morgan fingerprint density at radius 1 is 1.00 bits per heavy atom. The number of amides is 1. The number of esters is 1. The number of ether oxygens (including phenoxy) is 1. The summed E-state index contributed by atoms with van der Waals surface area (Å²) in [4.78, 5) is 24.4. The van der Waals surface area contributed by atoms with Crippen molar-refractivity contribution in [2.45, 2.75) is 31.3 Å². The quantitative estimate of drug-likeness (QED) is 0.467. The fourth-order valence-electron chi connectivity index (χ4n) is 3.63. The molecule has 3 rings (SSSR count). The van der Waals surface area contributed by atoms with Crippen LogP contribution in [0.1, 0.15) is 38.7 Å². The maximum atomic E-state index is 14.0. The molecule has 0 aromatic heterocycles. The Labute approximate surface area is 204 Å². The third-order valence-electron chi connectivity index (χ3n) is 5.43. The molecule has 0 saturated carbocycles. The summed E-state index contributed by atoms with van der Waals surface area (Å²) < 4.78 is 33.7. The van der Waals surface area contributed by atoms with Crippen molar-refractivity contribution >= 4 is 33.5 Å². The fraction of sp³-hybridized carbons (Fsp3) is 0.200. The van der Waals surface area contributed by atoms with Crippen LogP contribution in [-0.2, 0) is 26.1 Å². The van der Waals surface area contributed by atoms with Gasteiger partial charge in [-0.25, -0.2) is 13.2 Å². The van der Waals surface area contributed by atoms with E-state index in [-0.39, 0.29) is 11.4 Å². The summed E-state index contributed by atoms with van der Waals surface area (Å²) in [6.07, 6.45) is 0. The maximum Gasteiger partial charge on any atom is 0.337 e. The first-order valence-corrected chi connectivity index (χ1v) is 12.2. The Kier molecular flexibility index (Phi) is 7.76. The molecule has 0 aliphatic heterocycles. The van der Waals surface area contributed by atoms with Gasteiger partial charge in [0.1, 0.15) is 6.04 Å². The number of nitrogens with two attached hydrogens (primary N) is 1. The average Bonchev–Trinajstić information content (AvgIpc) is 2.81. The van der Waals surface area contributed by atoms with Crippen LogP contribution in [0.5, 0.6) is 0 Å². The van der Waals surface area contributed by atoms with E-state index in [0.29, 0.717) is 32.8 Å². The first-order chi connectivity index (χ1) is 16.1. The molecule has 3 aromatic rings. The molecule has 2 N–H and O–H groups in total. The van der Waals surface area contributed by atoms with Crippen LogP contribution in [0, 0.1) is 13.8 Å². The lowest BCUT2D eigenvalue weighted by molar-refractivity contribution is -0.122. The Morgan fingerprint density at radius 3 is 2.18 bits per heavy atom. The number of halogens is 1. The van der Waals surface area contributed by atoms with Gasteiger partial charge < -0.3 is 10.5 Å². The van der Waals surface area contributed by atoms with E-state index in [1.807, 2.05) is 0 Å². The summed E-state index contributed by atoms with van der Waals surface area (Å²) in [7, 11) is -2.93. The molecule has 1 unspecified atom stereocenters. The lowest BCUT2D eigenvalue weighted by atomic mass is 10.1. The van der Waals surface area contributed by atoms with Gasteiger partial charge in [-0.2, -0.15) is 4.31 Å². The lowest BCUT2D eigenvalue weighted by Crippen LogP contribution is -2.41. The Bertz CT molecular complexity index is 1310. The molecule has 0 aliphatic rings. The molecule has 0 radical (unpaired) electrons. The normalized spacial score (nSPS) is 12.4. The van der Waals surface area contributed by atoms with E-state index in [1.165, 1.54) is 25.3 Å². The third-order valence-corrected chi connectivity index (χ3v) is 7.79. The van der Waals surface area contributed by atoms with Crippen LogP contribution in [0.3, 0.4) is 0 Å². The smallest absolute Gasteiger partial charge is 0.337 e. The molecule has 0 fully saturated rings. The van der Waals surface area contributed by atoms with Gasteiger partial charge in [0.15, 0.2) is 0 Å². The van der Waals surface area contributed by atoms with Crippen LogP contribution in [0.4, 0.5) is 0 Å². The molecule has 0 aliphatic carbocycles.